The fraction of sp³-hybridized carbons (Fsp3) is 0.350. The van der Waals surface area contributed by atoms with Gasteiger partial charge < -0.3 is 14.6 Å². The van der Waals surface area contributed by atoms with E-state index < -0.39 is 12.1 Å². The fourth-order valence-corrected chi connectivity index (χ4v) is 2.70. The van der Waals surface area contributed by atoms with Crippen LogP contribution < -0.4 is 4.74 Å². The van der Waals surface area contributed by atoms with Gasteiger partial charge in [-0.25, -0.2) is 4.79 Å². The first kappa shape index (κ1) is 18.0. The summed E-state index contributed by atoms with van der Waals surface area (Å²) in [5.74, 6) is -0.138. The first-order valence-electron chi connectivity index (χ1n) is 8.12. The number of hydrogen-bond donors (Lipinski definition) is 1. The van der Waals surface area contributed by atoms with Gasteiger partial charge in [0.2, 0.25) is 0 Å². The van der Waals surface area contributed by atoms with E-state index in [-0.39, 0.29) is 0 Å². The van der Waals surface area contributed by atoms with E-state index in [4.69, 9.17) is 9.47 Å². The maximum absolute atomic E-state index is 11.3. The minimum absolute atomic E-state index is 0.361. The molecule has 128 valence electrons. The second-order valence-electron chi connectivity index (χ2n) is 5.80. The molecule has 24 heavy (non-hydrogen) atoms. The van der Waals surface area contributed by atoms with Crippen LogP contribution in [-0.2, 0) is 22.6 Å². The van der Waals surface area contributed by atoms with Crippen molar-refractivity contribution in [2.24, 2.45) is 0 Å². The molecule has 0 spiro atoms. The van der Waals surface area contributed by atoms with Crippen molar-refractivity contribution in [3.8, 4) is 5.75 Å². The zero-order valence-corrected chi connectivity index (χ0v) is 14.4. The van der Waals surface area contributed by atoms with Crippen molar-refractivity contribution in [3.63, 3.8) is 0 Å². The number of carbonyl (C=O) groups is 1. The molecule has 4 nitrogen and oxygen atoms in total. The van der Waals surface area contributed by atoms with E-state index >= 15 is 0 Å². The van der Waals surface area contributed by atoms with Crippen molar-refractivity contribution in [1.82, 2.24) is 0 Å². The normalized spacial score (nSPS) is 12.0. The van der Waals surface area contributed by atoms with Gasteiger partial charge in [-0.3, -0.25) is 0 Å². The number of carboxylic acids is 1. The lowest BCUT2D eigenvalue weighted by molar-refractivity contribution is -0.149. The summed E-state index contributed by atoms with van der Waals surface area (Å²) in [7, 11) is 0. The van der Waals surface area contributed by atoms with Crippen LogP contribution in [0.25, 0.3) is 0 Å². The van der Waals surface area contributed by atoms with Gasteiger partial charge in [0, 0.05) is 13.0 Å². The average Bonchev–Trinajstić information content (AvgIpc) is 2.56. The monoisotopic (exact) mass is 328 g/mol. The van der Waals surface area contributed by atoms with Gasteiger partial charge in [-0.1, -0.05) is 30.3 Å². The lowest BCUT2D eigenvalue weighted by atomic mass is 9.97. The minimum Gasteiger partial charge on any atom is -0.489 e. The molecule has 0 radical (unpaired) electrons. The van der Waals surface area contributed by atoms with E-state index in [1.807, 2.05) is 56.3 Å². The lowest BCUT2D eigenvalue weighted by Crippen LogP contribution is -2.27. The number of aliphatic carboxylic acids is 1. The van der Waals surface area contributed by atoms with Crippen LogP contribution >= 0.6 is 0 Å². The summed E-state index contributed by atoms with van der Waals surface area (Å²) in [6.07, 6.45) is -0.455. The molecular formula is C20H24O4. The predicted molar refractivity (Wildman–Crippen MR) is 93.4 cm³/mol. The molecule has 0 fully saturated rings. The first-order chi connectivity index (χ1) is 11.5. The van der Waals surface area contributed by atoms with Crippen LogP contribution in [0.15, 0.2) is 42.5 Å². The van der Waals surface area contributed by atoms with E-state index in [1.165, 1.54) is 0 Å². The Balaban J connectivity index is 2.11. The summed E-state index contributed by atoms with van der Waals surface area (Å²) in [5.41, 5.74) is 4.15. The van der Waals surface area contributed by atoms with Gasteiger partial charge >= 0.3 is 5.97 Å². The smallest absolute Gasteiger partial charge is 0.333 e. The summed E-state index contributed by atoms with van der Waals surface area (Å²) in [6.45, 7) is 6.64. The van der Waals surface area contributed by atoms with Crippen LogP contribution in [0.2, 0.25) is 0 Å². The van der Waals surface area contributed by atoms with Crippen molar-refractivity contribution in [2.45, 2.75) is 39.9 Å². The highest BCUT2D eigenvalue weighted by Crippen LogP contribution is 2.24. The Kier molecular flexibility index (Phi) is 6.38. The average molecular weight is 328 g/mol. The van der Waals surface area contributed by atoms with Crippen LogP contribution in [0.4, 0.5) is 0 Å². The van der Waals surface area contributed by atoms with Crippen molar-refractivity contribution < 1.29 is 19.4 Å². The van der Waals surface area contributed by atoms with Gasteiger partial charge in [-0.05, 0) is 55.2 Å². The fourth-order valence-electron chi connectivity index (χ4n) is 2.70. The zero-order valence-electron chi connectivity index (χ0n) is 14.4. The molecule has 2 aromatic rings. The summed E-state index contributed by atoms with van der Waals surface area (Å²) in [5, 5.41) is 9.26. The summed E-state index contributed by atoms with van der Waals surface area (Å²) < 4.78 is 11.2. The van der Waals surface area contributed by atoms with Crippen LogP contribution in [0, 0.1) is 13.8 Å². The highest BCUT2D eigenvalue weighted by molar-refractivity contribution is 5.73. The summed E-state index contributed by atoms with van der Waals surface area (Å²) >= 11 is 0. The van der Waals surface area contributed by atoms with Crippen molar-refractivity contribution in [1.29, 1.82) is 0 Å². The number of benzene rings is 2. The minimum atomic E-state index is -0.931. The Morgan fingerprint density at radius 3 is 2.29 bits per heavy atom. The molecular weight excluding hydrogens is 304 g/mol. The van der Waals surface area contributed by atoms with E-state index in [2.05, 4.69) is 0 Å². The highest BCUT2D eigenvalue weighted by atomic mass is 16.5. The number of rotatable bonds is 8. The summed E-state index contributed by atoms with van der Waals surface area (Å²) in [6, 6.07) is 13.9. The maximum Gasteiger partial charge on any atom is 0.333 e. The molecule has 0 aliphatic heterocycles. The first-order valence-corrected chi connectivity index (χ1v) is 8.12. The molecule has 0 saturated carbocycles. The summed E-state index contributed by atoms with van der Waals surface area (Å²) in [4.78, 5) is 11.3. The predicted octanol–water partition coefficient (Wildman–Crippen LogP) is 3.91. The molecule has 0 unspecified atom stereocenters. The molecule has 0 aliphatic rings. The van der Waals surface area contributed by atoms with Gasteiger partial charge in [-0.15, -0.1) is 0 Å². The largest absolute Gasteiger partial charge is 0.489 e. The maximum atomic E-state index is 11.3. The molecule has 0 amide bonds. The number of ether oxygens (including phenoxy) is 2. The van der Waals surface area contributed by atoms with Crippen LogP contribution in [0.5, 0.6) is 5.75 Å². The lowest BCUT2D eigenvalue weighted by Gasteiger charge is -2.17. The van der Waals surface area contributed by atoms with Crippen molar-refractivity contribution >= 4 is 5.97 Å². The third-order valence-corrected chi connectivity index (χ3v) is 3.95. The standard InChI is InChI=1S/C20H24O4/c1-4-23-19(20(21)22)12-18-14(2)10-17(11-15(18)3)24-13-16-8-6-5-7-9-16/h5-11,19H,4,12-13H2,1-3H3,(H,21,22)/t19-/m0/s1. The van der Waals surface area contributed by atoms with Crippen molar-refractivity contribution in [3.05, 3.63) is 64.7 Å². The number of aryl methyl sites for hydroxylation is 2. The van der Waals surface area contributed by atoms with Crippen LogP contribution in [-0.4, -0.2) is 23.8 Å². The van der Waals surface area contributed by atoms with E-state index in [9.17, 15) is 9.90 Å². The third kappa shape index (κ3) is 4.83. The molecule has 1 atom stereocenters. The molecule has 2 aromatic carbocycles. The van der Waals surface area contributed by atoms with Gasteiger partial charge in [0.1, 0.15) is 12.4 Å². The molecule has 0 aliphatic carbocycles. The molecule has 0 bridgehead atoms. The van der Waals surface area contributed by atoms with Crippen molar-refractivity contribution in [2.75, 3.05) is 6.61 Å². The second-order valence-corrected chi connectivity index (χ2v) is 5.80. The zero-order chi connectivity index (χ0) is 17.5. The Labute approximate surface area is 143 Å². The molecule has 0 heterocycles. The van der Waals surface area contributed by atoms with Crippen LogP contribution in [0.3, 0.4) is 0 Å². The number of carboxylic acid groups (broad SMARTS) is 1. The molecule has 1 N–H and O–H groups in total. The van der Waals surface area contributed by atoms with E-state index in [1.54, 1.807) is 6.92 Å². The highest BCUT2D eigenvalue weighted by Gasteiger charge is 2.20. The Morgan fingerprint density at radius 1 is 1.12 bits per heavy atom. The molecule has 2 rings (SSSR count). The van der Waals surface area contributed by atoms with Gasteiger partial charge in [0.05, 0.1) is 0 Å². The second kappa shape index (κ2) is 8.50. The quantitative estimate of drug-likeness (QED) is 0.798. The van der Waals surface area contributed by atoms with Gasteiger partial charge in [-0.2, -0.15) is 0 Å². The van der Waals surface area contributed by atoms with E-state index in [0.29, 0.717) is 19.6 Å². The topological polar surface area (TPSA) is 55.8 Å². The Bertz CT molecular complexity index is 656. The van der Waals surface area contributed by atoms with E-state index in [0.717, 1.165) is 28.0 Å². The molecule has 4 heteroatoms. The SMILES string of the molecule is CCO[C@@H](Cc1c(C)cc(OCc2ccccc2)cc1C)C(=O)O. The Morgan fingerprint density at radius 2 is 1.75 bits per heavy atom. The number of hydrogen-bond acceptors (Lipinski definition) is 3. The van der Waals surface area contributed by atoms with Gasteiger partial charge in [0.15, 0.2) is 6.10 Å². The van der Waals surface area contributed by atoms with Gasteiger partial charge in [0.25, 0.3) is 0 Å². The van der Waals surface area contributed by atoms with Crippen LogP contribution in [0.1, 0.15) is 29.2 Å². The Hall–Kier alpha value is -2.33. The molecule has 0 aromatic heterocycles. The molecule has 0 saturated heterocycles. The third-order valence-electron chi connectivity index (χ3n) is 3.95.